The molecule has 1 heterocycles. The van der Waals surface area contributed by atoms with Crippen molar-refractivity contribution in [1.82, 2.24) is 0 Å². The van der Waals surface area contributed by atoms with Gasteiger partial charge in [-0.1, -0.05) is 146 Å². The summed E-state index contributed by atoms with van der Waals surface area (Å²) >= 11 is 0. The zero-order valence-corrected chi connectivity index (χ0v) is 28.8. The maximum atomic E-state index is 6.78. The normalized spacial score (nSPS) is 12.9. The molecule has 2 heteroatoms. The highest BCUT2D eigenvalue weighted by atomic mass is 16.3. The van der Waals surface area contributed by atoms with E-state index in [1.165, 1.54) is 50.1 Å². The first-order valence-corrected chi connectivity index (χ1v) is 17.9. The molecule has 8 aromatic carbocycles. The molecule has 9 aromatic rings. The van der Waals surface area contributed by atoms with Crippen LogP contribution in [-0.2, 0) is 5.41 Å². The van der Waals surface area contributed by atoms with Crippen LogP contribution in [0.2, 0.25) is 0 Å². The number of hydrogen-bond donors (Lipinski definition) is 0. The number of hydrogen-bond acceptors (Lipinski definition) is 2. The molecule has 0 radical (unpaired) electrons. The summed E-state index contributed by atoms with van der Waals surface area (Å²) in [5.74, 6) is 0. The molecule has 0 saturated heterocycles. The van der Waals surface area contributed by atoms with E-state index in [-0.39, 0.29) is 5.41 Å². The average molecular weight is 666 g/mol. The van der Waals surface area contributed by atoms with E-state index in [4.69, 9.17) is 4.42 Å². The molecule has 1 aliphatic carbocycles. The van der Waals surface area contributed by atoms with E-state index >= 15 is 0 Å². The molecule has 1 aromatic heterocycles. The van der Waals surface area contributed by atoms with Crippen LogP contribution in [-0.4, -0.2) is 0 Å². The fourth-order valence-electron chi connectivity index (χ4n) is 8.32. The van der Waals surface area contributed by atoms with Crippen LogP contribution in [0, 0.1) is 0 Å². The molecule has 2 nitrogen and oxygen atoms in total. The van der Waals surface area contributed by atoms with Gasteiger partial charge in [0.25, 0.3) is 0 Å². The summed E-state index contributed by atoms with van der Waals surface area (Å²) in [7, 11) is 0. The molecule has 10 rings (SSSR count). The van der Waals surface area contributed by atoms with Gasteiger partial charge >= 0.3 is 0 Å². The van der Waals surface area contributed by atoms with Crippen molar-refractivity contribution in [3.63, 3.8) is 0 Å². The van der Waals surface area contributed by atoms with Crippen LogP contribution in [0.25, 0.3) is 55.3 Å². The van der Waals surface area contributed by atoms with E-state index in [1.54, 1.807) is 0 Å². The van der Waals surface area contributed by atoms with Crippen LogP contribution >= 0.6 is 0 Å². The molecule has 0 atom stereocenters. The molecule has 0 N–H and O–H groups in total. The number of rotatable bonds is 6. The van der Waals surface area contributed by atoms with Gasteiger partial charge in [-0.25, -0.2) is 0 Å². The minimum Gasteiger partial charge on any atom is -0.456 e. The van der Waals surface area contributed by atoms with E-state index in [0.717, 1.165) is 39.0 Å². The zero-order chi connectivity index (χ0) is 34.6. The topological polar surface area (TPSA) is 16.4 Å². The third kappa shape index (κ3) is 4.80. The zero-order valence-electron chi connectivity index (χ0n) is 28.8. The van der Waals surface area contributed by atoms with Gasteiger partial charge in [0.15, 0.2) is 0 Å². The molecule has 246 valence electrons. The van der Waals surface area contributed by atoms with E-state index in [0.29, 0.717) is 0 Å². The van der Waals surface area contributed by atoms with Crippen LogP contribution in [0.3, 0.4) is 0 Å². The summed E-state index contributed by atoms with van der Waals surface area (Å²) in [5, 5.41) is 2.23. The van der Waals surface area contributed by atoms with E-state index in [2.05, 4.69) is 206 Å². The first-order valence-electron chi connectivity index (χ1n) is 17.9. The fraction of sp³-hybridized carbons (Fsp3) is 0.0400. The van der Waals surface area contributed by atoms with Crippen molar-refractivity contribution in [3.8, 4) is 33.4 Å². The van der Waals surface area contributed by atoms with Gasteiger partial charge in [0.05, 0.1) is 0 Å². The molecule has 0 unspecified atom stereocenters. The van der Waals surface area contributed by atoms with Gasteiger partial charge in [-0.3, -0.25) is 0 Å². The van der Waals surface area contributed by atoms with Crippen molar-refractivity contribution in [2.24, 2.45) is 0 Å². The lowest BCUT2D eigenvalue weighted by Crippen LogP contribution is -2.22. The molecule has 1 aliphatic rings. The Hall–Kier alpha value is -6.64. The molecule has 52 heavy (non-hydrogen) atoms. The van der Waals surface area contributed by atoms with Crippen LogP contribution in [0.4, 0.5) is 17.1 Å². The summed E-state index contributed by atoms with van der Waals surface area (Å²) in [6.45, 7) is 2.35. The maximum absolute atomic E-state index is 6.78. The lowest BCUT2D eigenvalue weighted by Gasteiger charge is -2.28. The Balaban J connectivity index is 1.10. The highest BCUT2D eigenvalue weighted by Gasteiger charge is 2.40. The smallest absolute Gasteiger partial charge is 0.137 e. The Morgan fingerprint density at radius 1 is 0.385 bits per heavy atom. The molecular formula is C50H35NO. The number of furan rings is 1. The van der Waals surface area contributed by atoms with Crippen molar-refractivity contribution in [3.05, 3.63) is 211 Å². The average Bonchev–Trinajstić information content (AvgIpc) is 3.71. The summed E-state index contributed by atoms with van der Waals surface area (Å²) in [4.78, 5) is 2.33. The van der Waals surface area contributed by atoms with Crippen LogP contribution < -0.4 is 4.90 Å². The van der Waals surface area contributed by atoms with Crippen LogP contribution in [0.15, 0.2) is 199 Å². The van der Waals surface area contributed by atoms with Crippen molar-refractivity contribution in [2.45, 2.75) is 12.3 Å². The second kappa shape index (κ2) is 12.0. The summed E-state index contributed by atoms with van der Waals surface area (Å²) < 4.78 is 6.78. The summed E-state index contributed by atoms with van der Waals surface area (Å²) in [6, 6.07) is 69.8. The minimum atomic E-state index is -0.280. The quantitative estimate of drug-likeness (QED) is 0.176. The number of nitrogens with zero attached hydrogens (tertiary/aromatic N) is 1. The Bertz CT molecular complexity index is 2700. The highest BCUT2D eigenvalue weighted by molar-refractivity contribution is 6.06. The van der Waals surface area contributed by atoms with Crippen LogP contribution in [0.5, 0.6) is 0 Å². The summed E-state index contributed by atoms with van der Waals surface area (Å²) in [6.07, 6.45) is 0. The minimum absolute atomic E-state index is 0.280. The van der Waals surface area contributed by atoms with Gasteiger partial charge in [0.2, 0.25) is 0 Å². The van der Waals surface area contributed by atoms with Crippen LogP contribution in [0.1, 0.15) is 23.6 Å². The Morgan fingerprint density at radius 3 is 1.56 bits per heavy atom. The Kier molecular flexibility index (Phi) is 6.97. The van der Waals surface area contributed by atoms with Gasteiger partial charge in [0.1, 0.15) is 11.2 Å². The second-order valence-electron chi connectivity index (χ2n) is 13.9. The SMILES string of the molecule is CC1(c2ccc3c(c2)oc2cc(N(c4ccc(-c5ccccc5)cc4)c4cccc(-c5ccccc5)c4)ccc23)c2ccccc2-c2ccccc21. The predicted molar refractivity (Wildman–Crippen MR) is 217 cm³/mol. The van der Waals surface area contributed by atoms with E-state index < -0.39 is 0 Å². The van der Waals surface area contributed by atoms with Crippen molar-refractivity contribution in [2.75, 3.05) is 4.90 Å². The van der Waals surface area contributed by atoms with Gasteiger partial charge in [-0.15, -0.1) is 0 Å². The number of anilines is 3. The number of benzene rings is 8. The second-order valence-corrected chi connectivity index (χ2v) is 13.9. The summed E-state index contributed by atoms with van der Waals surface area (Å²) in [5.41, 5.74) is 15.9. The fourth-order valence-corrected chi connectivity index (χ4v) is 8.32. The van der Waals surface area contributed by atoms with E-state index in [9.17, 15) is 0 Å². The molecular weight excluding hydrogens is 631 g/mol. The Morgan fingerprint density at radius 2 is 0.885 bits per heavy atom. The molecule has 0 aliphatic heterocycles. The van der Waals surface area contributed by atoms with Gasteiger partial charge in [-0.2, -0.15) is 0 Å². The molecule has 0 bridgehead atoms. The lowest BCUT2D eigenvalue weighted by molar-refractivity contribution is 0.662. The maximum Gasteiger partial charge on any atom is 0.137 e. The Labute approximate surface area is 303 Å². The first-order chi connectivity index (χ1) is 25.6. The van der Waals surface area contributed by atoms with Gasteiger partial charge in [-0.05, 0) is 99.5 Å². The monoisotopic (exact) mass is 665 g/mol. The van der Waals surface area contributed by atoms with E-state index in [1.807, 2.05) is 0 Å². The lowest BCUT2D eigenvalue weighted by atomic mass is 9.74. The van der Waals surface area contributed by atoms with Gasteiger partial charge in [0, 0.05) is 39.3 Å². The first kappa shape index (κ1) is 30.2. The molecule has 0 amide bonds. The van der Waals surface area contributed by atoms with Crippen molar-refractivity contribution in [1.29, 1.82) is 0 Å². The van der Waals surface area contributed by atoms with Gasteiger partial charge < -0.3 is 9.32 Å². The molecule has 0 fully saturated rings. The van der Waals surface area contributed by atoms with Crippen molar-refractivity contribution < 1.29 is 4.42 Å². The molecule has 0 spiro atoms. The third-order valence-electron chi connectivity index (χ3n) is 11.0. The van der Waals surface area contributed by atoms with Crippen molar-refractivity contribution >= 4 is 39.0 Å². The molecule has 0 saturated carbocycles. The largest absolute Gasteiger partial charge is 0.456 e. The highest BCUT2D eigenvalue weighted by Crippen LogP contribution is 2.53. The number of fused-ring (bicyclic) bond motifs is 6. The standard InChI is InChI=1S/C50H35NO/c1-50(46-21-10-8-19-42(46)43-20-9-11-22-47(43)50)38-25-29-44-45-30-28-41(33-49(45)52-48(44)32-38)51(39-26-23-36(24-27-39)34-13-4-2-5-14-34)40-18-12-17-37(31-40)35-15-6-3-7-16-35/h2-33H,1H3. The predicted octanol–water partition coefficient (Wildman–Crippen LogP) is 13.7. The third-order valence-corrected chi connectivity index (χ3v) is 11.0.